The lowest BCUT2D eigenvalue weighted by Crippen LogP contribution is -2.06. The molecule has 5 aromatic rings. The van der Waals surface area contributed by atoms with Crippen molar-refractivity contribution in [2.45, 2.75) is 13.1 Å². The quantitative estimate of drug-likeness (QED) is 0.438. The zero-order valence-corrected chi connectivity index (χ0v) is 16.8. The van der Waals surface area contributed by atoms with Gasteiger partial charge in [-0.3, -0.25) is 9.67 Å². The van der Waals surface area contributed by atoms with E-state index in [9.17, 15) is 0 Å². The molecular formula is C24H21N7. The van der Waals surface area contributed by atoms with Gasteiger partial charge in [0.25, 0.3) is 0 Å². The van der Waals surface area contributed by atoms with Gasteiger partial charge in [0.2, 0.25) is 0 Å². The summed E-state index contributed by atoms with van der Waals surface area (Å²) in [5.41, 5.74) is 4.35. The first kappa shape index (κ1) is 18.7. The fraction of sp³-hybridized carbons (Fsp3) is 0.0833. The molecule has 0 aliphatic carbocycles. The van der Waals surface area contributed by atoms with E-state index in [2.05, 4.69) is 50.8 Å². The molecule has 7 nitrogen and oxygen atoms in total. The van der Waals surface area contributed by atoms with Crippen LogP contribution in [0.5, 0.6) is 0 Å². The molecule has 0 atom stereocenters. The van der Waals surface area contributed by atoms with Gasteiger partial charge in [-0.25, -0.2) is 9.67 Å². The van der Waals surface area contributed by atoms with Gasteiger partial charge in [-0.15, -0.1) is 0 Å². The number of anilines is 1. The van der Waals surface area contributed by atoms with Gasteiger partial charge < -0.3 is 5.32 Å². The van der Waals surface area contributed by atoms with E-state index in [1.807, 2.05) is 53.3 Å². The molecule has 2 aromatic carbocycles. The van der Waals surface area contributed by atoms with Crippen LogP contribution < -0.4 is 5.32 Å². The third kappa shape index (κ3) is 4.35. The molecule has 0 aliphatic rings. The molecule has 31 heavy (non-hydrogen) atoms. The number of benzene rings is 2. The summed E-state index contributed by atoms with van der Waals surface area (Å²) in [6, 6.07) is 22.4. The second kappa shape index (κ2) is 8.62. The average Bonchev–Trinajstić information content (AvgIpc) is 3.50. The molecule has 3 heterocycles. The average molecular weight is 407 g/mol. The van der Waals surface area contributed by atoms with Crippen molar-refractivity contribution in [1.82, 2.24) is 29.5 Å². The van der Waals surface area contributed by atoms with E-state index in [1.165, 1.54) is 5.56 Å². The number of rotatable bonds is 7. The Balaban J connectivity index is 1.40. The Morgan fingerprint density at radius 2 is 1.68 bits per heavy atom. The van der Waals surface area contributed by atoms with Crippen LogP contribution >= 0.6 is 0 Å². The highest BCUT2D eigenvalue weighted by atomic mass is 15.3. The van der Waals surface area contributed by atoms with E-state index < -0.39 is 0 Å². The predicted octanol–water partition coefficient (Wildman–Crippen LogP) is 4.19. The number of aromatic nitrogens is 6. The fourth-order valence-electron chi connectivity index (χ4n) is 3.42. The van der Waals surface area contributed by atoms with Crippen molar-refractivity contribution in [3.8, 4) is 17.1 Å². The van der Waals surface area contributed by atoms with Crippen molar-refractivity contribution in [2.24, 2.45) is 0 Å². The van der Waals surface area contributed by atoms with E-state index in [4.69, 9.17) is 5.10 Å². The Labute approximate surface area is 180 Å². The number of nitrogens with zero attached hydrogens (tertiary/aromatic N) is 6. The summed E-state index contributed by atoms with van der Waals surface area (Å²) >= 11 is 0. The van der Waals surface area contributed by atoms with E-state index in [0.717, 1.165) is 23.4 Å². The molecule has 0 fully saturated rings. The van der Waals surface area contributed by atoms with Gasteiger partial charge in [0.1, 0.15) is 5.82 Å². The van der Waals surface area contributed by atoms with Gasteiger partial charge >= 0.3 is 0 Å². The summed E-state index contributed by atoms with van der Waals surface area (Å²) in [5, 5.41) is 12.5. The van der Waals surface area contributed by atoms with Crippen molar-refractivity contribution in [1.29, 1.82) is 0 Å². The lowest BCUT2D eigenvalue weighted by atomic mass is 10.1. The second-order valence-corrected chi connectivity index (χ2v) is 7.12. The highest BCUT2D eigenvalue weighted by Gasteiger charge is 2.12. The third-order valence-corrected chi connectivity index (χ3v) is 4.89. The summed E-state index contributed by atoms with van der Waals surface area (Å²) in [5.74, 6) is 1.35. The maximum absolute atomic E-state index is 4.87. The Morgan fingerprint density at radius 1 is 0.871 bits per heavy atom. The molecular weight excluding hydrogens is 386 g/mol. The zero-order chi connectivity index (χ0) is 20.9. The van der Waals surface area contributed by atoms with Gasteiger partial charge in [-0.05, 0) is 11.6 Å². The first-order valence-electron chi connectivity index (χ1n) is 10.1. The summed E-state index contributed by atoms with van der Waals surface area (Å²) < 4.78 is 3.67. The van der Waals surface area contributed by atoms with E-state index in [-0.39, 0.29) is 0 Å². The van der Waals surface area contributed by atoms with Crippen LogP contribution in [0.15, 0.2) is 97.7 Å². The molecule has 0 saturated heterocycles. The highest BCUT2D eigenvalue weighted by Crippen LogP contribution is 2.23. The fourth-order valence-corrected chi connectivity index (χ4v) is 3.42. The second-order valence-electron chi connectivity index (χ2n) is 7.12. The largest absolute Gasteiger partial charge is 0.364 e. The molecule has 3 aromatic heterocycles. The van der Waals surface area contributed by atoms with E-state index in [0.29, 0.717) is 18.2 Å². The Kier molecular flexibility index (Phi) is 5.22. The Hall–Kier alpha value is -4.26. The van der Waals surface area contributed by atoms with Crippen molar-refractivity contribution in [3.63, 3.8) is 0 Å². The van der Waals surface area contributed by atoms with Crippen LogP contribution in [-0.4, -0.2) is 29.5 Å². The normalized spacial score (nSPS) is 10.8. The van der Waals surface area contributed by atoms with Gasteiger partial charge in [-0.2, -0.15) is 10.2 Å². The first-order chi connectivity index (χ1) is 15.3. The van der Waals surface area contributed by atoms with E-state index >= 15 is 0 Å². The van der Waals surface area contributed by atoms with Gasteiger partial charge in [0.15, 0.2) is 5.82 Å². The van der Waals surface area contributed by atoms with Crippen LogP contribution in [0.2, 0.25) is 0 Å². The molecule has 0 spiro atoms. The van der Waals surface area contributed by atoms with Crippen LogP contribution in [0.1, 0.15) is 11.1 Å². The number of nitrogens with one attached hydrogen (secondary N) is 1. The smallest absolute Gasteiger partial charge is 0.173 e. The highest BCUT2D eigenvalue weighted by molar-refractivity contribution is 5.63. The summed E-state index contributed by atoms with van der Waals surface area (Å²) in [4.78, 5) is 8.89. The minimum absolute atomic E-state index is 0.580. The van der Waals surface area contributed by atoms with Crippen molar-refractivity contribution in [3.05, 3.63) is 109 Å². The first-order valence-corrected chi connectivity index (χ1v) is 10.1. The molecule has 152 valence electrons. The van der Waals surface area contributed by atoms with E-state index in [1.54, 1.807) is 23.3 Å². The van der Waals surface area contributed by atoms with Crippen molar-refractivity contribution >= 4 is 5.82 Å². The molecule has 1 N–H and O–H groups in total. The maximum atomic E-state index is 4.87. The molecule has 7 heteroatoms. The summed E-state index contributed by atoms with van der Waals surface area (Å²) in [6.07, 6.45) is 9.05. The maximum Gasteiger partial charge on any atom is 0.173 e. The lowest BCUT2D eigenvalue weighted by molar-refractivity contribution is 0.688. The van der Waals surface area contributed by atoms with Gasteiger partial charge in [0.05, 0.1) is 24.6 Å². The molecule has 0 bridgehead atoms. The van der Waals surface area contributed by atoms with Crippen molar-refractivity contribution in [2.75, 3.05) is 5.32 Å². The molecule has 0 unspecified atom stereocenters. The summed E-state index contributed by atoms with van der Waals surface area (Å²) in [6.45, 7) is 1.30. The molecule has 5 rings (SSSR count). The third-order valence-electron chi connectivity index (χ3n) is 4.89. The van der Waals surface area contributed by atoms with Crippen LogP contribution in [0.25, 0.3) is 17.1 Å². The predicted molar refractivity (Wildman–Crippen MR) is 120 cm³/mol. The minimum atomic E-state index is 0.580. The van der Waals surface area contributed by atoms with Crippen molar-refractivity contribution < 1.29 is 0 Å². The van der Waals surface area contributed by atoms with Crippen LogP contribution in [-0.2, 0) is 13.1 Å². The molecule has 0 aliphatic heterocycles. The Bertz CT molecular complexity index is 1250. The molecule has 0 saturated carbocycles. The van der Waals surface area contributed by atoms with Crippen LogP contribution in [0.4, 0.5) is 5.82 Å². The topological polar surface area (TPSA) is 73.5 Å². The van der Waals surface area contributed by atoms with Crippen LogP contribution in [0.3, 0.4) is 0 Å². The number of hydrogen-bond donors (Lipinski definition) is 1. The SMILES string of the molecule is c1ccc(Cn2cc(CNc3cncc(-n4cccn4)n3)c(-c3ccccc3)n2)cc1. The minimum Gasteiger partial charge on any atom is -0.364 e. The summed E-state index contributed by atoms with van der Waals surface area (Å²) in [7, 11) is 0. The molecule has 0 amide bonds. The van der Waals surface area contributed by atoms with Gasteiger partial charge in [-0.1, -0.05) is 60.7 Å². The lowest BCUT2D eigenvalue weighted by Gasteiger charge is -2.07. The monoisotopic (exact) mass is 407 g/mol. The standard InChI is InChI=1S/C24H21N7/c1-3-8-19(9-4-1)17-30-18-21(24(29-30)20-10-5-2-6-11-20)14-26-22-15-25-16-23(28-22)31-13-7-12-27-31/h1-13,15-16,18H,14,17H2,(H,26,28). The van der Waals surface area contributed by atoms with Gasteiger partial charge in [0, 0.05) is 36.3 Å². The Morgan fingerprint density at radius 3 is 2.45 bits per heavy atom. The molecule has 0 radical (unpaired) electrons. The zero-order valence-electron chi connectivity index (χ0n) is 16.8. The number of hydrogen-bond acceptors (Lipinski definition) is 5. The van der Waals surface area contributed by atoms with Crippen LogP contribution in [0, 0.1) is 0 Å².